The van der Waals surface area contributed by atoms with Crippen molar-refractivity contribution in [2.75, 3.05) is 11.4 Å². The van der Waals surface area contributed by atoms with Gasteiger partial charge in [-0.2, -0.15) is 0 Å². The van der Waals surface area contributed by atoms with E-state index in [0.29, 0.717) is 16.8 Å². The van der Waals surface area contributed by atoms with Crippen LogP contribution in [0.2, 0.25) is 0 Å². The molecule has 0 aliphatic carbocycles. The Morgan fingerprint density at radius 2 is 1.83 bits per heavy atom. The molecule has 100 valence electrons. The van der Waals surface area contributed by atoms with Gasteiger partial charge in [0.2, 0.25) is 0 Å². The minimum absolute atomic E-state index is 0.138. The van der Waals surface area contributed by atoms with Gasteiger partial charge >= 0.3 is 0 Å². The van der Waals surface area contributed by atoms with Crippen molar-refractivity contribution in [3.63, 3.8) is 0 Å². The molecule has 1 aromatic carbocycles. The molecule has 1 heterocycles. The van der Waals surface area contributed by atoms with E-state index in [9.17, 15) is 8.78 Å². The molecule has 1 aromatic rings. The summed E-state index contributed by atoms with van der Waals surface area (Å²) in [4.78, 5) is 1.87. The molecule has 0 saturated carbocycles. The Hall–Kier alpha value is -0.640. The zero-order valence-electron chi connectivity index (χ0n) is 10.7. The van der Waals surface area contributed by atoms with Crippen molar-refractivity contribution >= 4 is 21.6 Å². The zero-order valence-corrected chi connectivity index (χ0v) is 12.3. The highest BCUT2D eigenvalue weighted by molar-refractivity contribution is 9.08. The van der Waals surface area contributed by atoms with Crippen LogP contribution in [-0.4, -0.2) is 12.6 Å². The van der Waals surface area contributed by atoms with E-state index in [1.54, 1.807) is 0 Å². The van der Waals surface area contributed by atoms with Crippen molar-refractivity contribution in [3.05, 3.63) is 29.3 Å². The Morgan fingerprint density at radius 3 is 2.39 bits per heavy atom. The molecule has 0 bridgehead atoms. The van der Waals surface area contributed by atoms with Crippen LogP contribution in [-0.2, 0) is 5.33 Å². The van der Waals surface area contributed by atoms with Crippen LogP contribution < -0.4 is 4.90 Å². The molecular weight excluding hydrogens is 300 g/mol. The Morgan fingerprint density at radius 1 is 1.22 bits per heavy atom. The summed E-state index contributed by atoms with van der Waals surface area (Å²) < 4.78 is 28.2. The second-order valence-electron chi connectivity index (χ2n) is 5.23. The Balaban J connectivity index is 2.37. The lowest BCUT2D eigenvalue weighted by Crippen LogP contribution is -2.42. The highest BCUT2D eigenvalue weighted by Gasteiger charge is 2.27. The molecule has 2 atom stereocenters. The smallest absolute Gasteiger partial charge is 0.149 e. The molecule has 0 amide bonds. The van der Waals surface area contributed by atoms with E-state index in [0.717, 1.165) is 19.4 Å². The maximum absolute atomic E-state index is 14.1. The minimum Gasteiger partial charge on any atom is -0.364 e. The van der Waals surface area contributed by atoms with Gasteiger partial charge in [0.1, 0.15) is 17.3 Å². The van der Waals surface area contributed by atoms with Gasteiger partial charge in [0.05, 0.1) is 0 Å². The predicted octanol–water partition coefficient (Wildman–Crippen LogP) is 4.48. The summed E-state index contributed by atoms with van der Waals surface area (Å²) in [6, 6.07) is 3.03. The molecule has 0 N–H and O–H groups in total. The van der Waals surface area contributed by atoms with Crippen LogP contribution in [0.1, 0.15) is 32.3 Å². The lowest BCUT2D eigenvalue weighted by atomic mass is 9.94. The topological polar surface area (TPSA) is 3.24 Å². The normalized spacial score (nSPS) is 24.4. The predicted molar refractivity (Wildman–Crippen MR) is 74.2 cm³/mol. The van der Waals surface area contributed by atoms with Crippen LogP contribution in [0.3, 0.4) is 0 Å². The summed E-state index contributed by atoms with van der Waals surface area (Å²) in [6.45, 7) is 4.88. The first-order valence-corrected chi connectivity index (χ1v) is 7.45. The van der Waals surface area contributed by atoms with Crippen molar-refractivity contribution in [2.24, 2.45) is 5.92 Å². The van der Waals surface area contributed by atoms with Crippen molar-refractivity contribution in [1.82, 2.24) is 0 Å². The second kappa shape index (κ2) is 5.55. The van der Waals surface area contributed by atoms with E-state index in [2.05, 4.69) is 22.9 Å². The first-order chi connectivity index (χ1) is 8.52. The van der Waals surface area contributed by atoms with Gasteiger partial charge in [0.25, 0.3) is 0 Å². The van der Waals surface area contributed by atoms with Gasteiger partial charge in [-0.25, -0.2) is 8.78 Å². The van der Waals surface area contributed by atoms with Crippen LogP contribution in [0.25, 0.3) is 0 Å². The first-order valence-electron chi connectivity index (χ1n) is 6.33. The number of hydrogen-bond acceptors (Lipinski definition) is 1. The van der Waals surface area contributed by atoms with Gasteiger partial charge in [-0.1, -0.05) is 22.9 Å². The summed E-state index contributed by atoms with van der Waals surface area (Å²) in [7, 11) is 0. The third-order valence-electron chi connectivity index (χ3n) is 3.64. The first kappa shape index (κ1) is 13.8. The molecule has 1 aliphatic heterocycles. The fourth-order valence-corrected chi connectivity index (χ4v) is 2.89. The van der Waals surface area contributed by atoms with Gasteiger partial charge in [0.15, 0.2) is 0 Å². The molecule has 1 nitrogen and oxygen atoms in total. The molecule has 1 saturated heterocycles. The summed E-state index contributed by atoms with van der Waals surface area (Å²) >= 11 is 3.22. The molecule has 1 fully saturated rings. The van der Waals surface area contributed by atoms with Crippen LogP contribution in [0.4, 0.5) is 14.5 Å². The largest absolute Gasteiger partial charge is 0.364 e. The number of piperidine rings is 1. The Kier molecular flexibility index (Phi) is 4.25. The number of benzene rings is 1. The lowest BCUT2D eigenvalue weighted by molar-refractivity contribution is 0.382. The van der Waals surface area contributed by atoms with E-state index in [1.807, 2.05) is 11.8 Å². The third kappa shape index (κ3) is 2.68. The number of rotatable bonds is 2. The monoisotopic (exact) mass is 317 g/mol. The summed E-state index contributed by atoms with van der Waals surface area (Å²) in [5, 5.41) is 0.465. The molecule has 4 heteroatoms. The third-order valence-corrected chi connectivity index (χ3v) is 4.28. The van der Waals surface area contributed by atoms with Gasteiger partial charge in [0, 0.05) is 17.9 Å². The standard InChI is InChI=1S/C14H18BrF2N/c1-9-3-4-10(2)18(8-9)14-12(16)5-11(7-15)6-13(14)17/h5-6,9-10H,3-4,7-8H2,1-2H3. The van der Waals surface area contributed by atoms with Crippen LogP contribution in [0.5, 0.6) is 0 Å². The van der Waals surface area contributed by atoms with Crippen molar-refractivity contribution < 1.29 is 8.78 Å². The molecule has 0 aromatic heterocycles. The maximum Gasteiger partial charge on any atom is 0.149 e. The maximum atomic E-state index is 14.1. The highest BCUT2D eigenvalue weighted by Crippen LogP contribution is 2.32. The molecular formula is C14H18BrF2N. The fourth-order valence-electron chi connectivity index (χ4n) is 2.57. The van der Waals surface area contributed by atoms with E-state index >= 15 is 0 Å². The fraction of sp³-hybridized carbons (Fsp3) is 0.571. The van der Waals surface area contributed by atoms with Crippen molar-refractivity contribution in [3.8, 4) is 0 Å². The van der Waals surface area contributed by atoms with Gasteiger partial charge in [-0.15, -0.1) is 0 Å². The average Bonchev–Trinajstić information content (AvgIpc) is 2.32. The van der Waals surface area contributed by atoms with Crippen molar-refractivity contribution in [1.29, 1.82) is 0 Å². The number of alkyl halides is 1. The number of nitrogens with zero attached hydrogens (tertiary/aromatic N) is 1. The van der Waals surface area contributed by atoms with E-state index in [-0.39, 0.29) is 11.7 Å². The molecule has 0 spiro atoms. The molecule has 0 radical (unpaired) electrons. The minimum atomic E-state index is -0.453. The average molecular weight is 318 g/mol. The summed E-state index contributed by atoms with van der Waals surface area (Å²) in [6.07, 6.45) is 2.11. The van der Waals surface area contributed by atoms with E-state index in [4.69, 9.17) is 0 Å². The van der Waals surface area contributed by atoms with Gasteiger partial charge < -0.3 is 4.90 Å². The van der Waals surface area contributed by atoms with Crippen LogP contribution in [0.15, 0.2) is 12.1 Å². The van der Waals surface area contributed by atoms with Crippen LogP contribution >= 0.6 is 15.9 Å². The molecule has 18 heavy (non-hydrogen) atoms. The number of hydrogen-bond donors (Lipinski definition) is 0. The van der Waals surface area contributed by atoms with E-state index < -0.39 is 11.6 Å². The molecule has 2 rings (SSSR count). The summed E-state index contributed by atoms with van der Waals surface area (Å²) in [5.41, 5.74) is 0.769. The number of halogens is 3. The van der Waals surface area contributed by atoms with E-state index in [1.165, 1.54) is 12.1 Å². The Labute approximate surface area is 115 Å². The SMILES string of the molecule is CC1CCC(C)N(c2c(F)cc(CBr)cc2F)C1. The van der Waals surface area contributed by atoms with Gasteiger partial charge in [-0.3, -0.25) is 0 Å². The van der Waals surface area contributed by atoms with Crippen molar-refractivity contribution in [2.45, 2.75) is 38.1 Å². The summed E-state index contributed by atoms with van der Waals surface area (Å²) in [5.74, 6) is -0.424. The zero-order chi connectivity index (χ0) is 13.3. The quantitative estimate of drug-likeness (QED) is 0.727. The second-order valence-corrected chi connectivity index (χ2v) is 5.79. The molecule has 2 unspecified atom stereocenters. The highest BCUT2D eigenvalue weighted by atomic mass is 79.9. The van der Waals surface area contributed by atoms with Gasteiger partial charge in [-0.05, 0) is 43.4 Å². The lowest BCUT2D eigenvalue weighted by Gasteiger charge is -2.38. The molecule has 1 aliphatic rings. The number of anilines is 1. The van der Waals surface area contributed by atoms with Crippen LogP contribution in [0, 0.1) is 17.6 Å². The Bertz CT molecular complexity index is 413.